The zero-order valence-corrected chi connectivity index (χ0v) is 11.3. The van der Waals surface area contributed by atoms with E-state index in [1.54, 1.807) is 31.4 Å². The van der Waals surface area contributed by atoms with E-state index in [0.717, 1.165) is 0 Å². The van der Waals surface area contributed by atoms with Crippen molar-refractivity contribution < 1.29 is 19.4 Å². The highest BCUT2D eigenvalue weighted by atomic mass is 16.5. The summed E-state index contributed by atoms with van der Waals surface area (Å²) in [6.07, 6.45) is 0.396. The molecule has 108 valence electrons. The van der Waals surface area contributed by atoms with E-state index in [9.17, 15) is 9.59 Å². The fourth-order valence-corrected chi connectivity index (χ4v) is 2.23. The largest absolute Gasteiger partial charge is 0.497 e. The van der Waals surface area contributed by atoms with Crippen LogP contribution in [0.3, 0.4) is 0 Å². The Labute approximate surface area is 117 Å². The maximum absolute atomic E-state index is 12.0. The number of carbonyl (C=O) groups is 2. The predicted octanol–water partition coefficient (Wildman–Crippen LogP) is 1.57. The van der Waals surface area contributed by atoms with Gasteiger partial charge < -0.3 is 20.1 Å². The molecule has 1 heterocycles. The first-order chi connectivity index (χ1) is 9.60. The minimum absolute atomic E-state index is 0.0280. The molecular weight excluding hydrogens is 260 g/mol. The molecule has 6 heteroatoms. The monoisotopic (exact) mass is 278 g/mol. The number of nitrogens with zero attached hydrogens (tertiary/aromatic N) is 1. The van der Waals surface area contributed by atoms with Crippen molar-refractivity contribution in [3.05, 3.63) is 29.8 Å². The standard InChI is InChI=1S/C14H18N2O4/c1-20-12-4-2-10(3-5-12)13(17)15-11-6-8-16(9-7-11)14(18)19/h2-5,11H,6-9H2,1H3,(H,15,17)(H,18,19). The van der Waals surface area contributed by atoms with E-state index >= 15 is 0 Å². The summed E-state index contributed by atoms with van der Waals surface area (Å²) in [6.45, 7) is 0.922. The fourth-order valence-electron chi connectivity index (χ4n) is 2.23. The third-order valence-corrected chi connectivity index (χ3v) is 3.45. The van der Waals surface area contributed by atoms with Gasteiger partial charge in [-0.3, -0.25) is 4.79 Å². The Morgan fingerprint density at radius 1 is 1.25 bits per heavy atom. The molecule has 0 atom stereocenters. The zero-order chi connectivity index (χ0) is 14.5. The number of rotatable bonds is 3. The average Bonchev–Trinajstić information content (AvgIpc) is 2.48. The van der Waals surface area contributed by atoms with Crippen LogP contribution in [0.5, 0.6) is 5.75 Å². The summed E-state index contributed by atoms with van der Waals surface area (Å²) < 4.78 is 5.04. The van der Waals surface area contributed by atoms with Crippen molar-refractivity contribution in [3.8, 4) is 5.75 Å². The van der Waals surface area contributed by atoms with Crippen LogP contribution < -0.4 is 10.1 Å². The summed E-state index contributed by atoms with van der Waals surface area (Å²) >= 11 is 0. The Hall–Kier alpha value is -2.24. The molecule has 1 fully saturated rings. The third-order valence-electron chi connectivity index (χ3n) is 3.45. The number of carboxylic acid groups (broad SMARTS) is 1. The highest BCUT2D eigenvalue weighted by Gasteiger charge is 2.23. The van der Waals surface area contributed by atoms with Crippen LogP contribution in [-0.4, -0.2) is 48.2 Å². The van der Waals surface area contributed by atoms with Crippen molar-refractivity contribution in [1.82, 2.24) is 10.2 Å². The highest BCUT2D eigenvalue weighted by molar-refractivity contribution is 5.94. The molecule has 1 aromatic rings. The number of piperidine rings is 1. The van der Waals surface area contributed by atoms with Crippen LogP contribution in [0.4, 0.5) is 4.79 Å². The van der Waals surface area contributed by atoms with Gasteiger partial charge in [-0.15, -0.1) is 0 Å². The first-order valence-corrected chi connectivity index (χ1v) is 6.53. The second-order valence-corrected chi connectivity index (χ2v) is 4.75. The van der Waals surface area contributed by atoms with Crippen LogP contribution >= 0.6 is 0 Å². The summed E-state index contributed by atoms with van der Waals surface area (Å²) in [5, 5.41) is 11.8. The van der Waals surface area contributed by atoms with Gasteiger partial charge in [0.05, 0.1) is 7.11 Å². The van der Waals surface area contributed by atoms with Gasteiger partial charge in [0.25, 0.3) is 5.91 Å². The minimum Gasteiger partial charge on any atom is -0.497 e. The number of benzene rings is 1. The Kier molecular flexibility index (Phi) is 4.45. The number of ether oxygens (including phenoxy) is 1. The molecule has 0 aliphatic carbocycles. The second-order valence-electron chi connectivity index (χ2n) is 4.75. The molecule has 0 unspecified atom stereocenters. The SMILES string of the molecule is COc1ccc(C(=O)NC2CCN(C(=O)O)CC2)cc1. The van der Waals surface area contributed by atoms with Crippen molar-refractivity contribution in [3.63, 3.8) is 0 Å². The first kappa shape index (κ1) is 14.2. The molecule has 0 bridgehead atoms. The van der Waals surface area contributed by atoms with E-state index in [4.69, 9.17) is 9.84 Å². The van der Waals surface area contributed by atoms with Gasteiger partial charge in [0.2, 0.25) is 0 Å². The molecule has 2 rings (SSSR count). The lowest BCUT2D eigenvalue weighted by Gasteiger charge is -2.30. The van der Waals surface area contributed by atoms with Gasteiger partial charge in [-0.05, 0) is 37.1 Å². The number of hydrogen-bond donors (Lipinski definition) is 2. The van der Waals surface area contributed by atoms with Crippen LogP contribution in [-0.2, 0) is 0 Å². The summed E-state index contributed by atoms with van der Waals surface area (Å²) in [5.74, 6) is 0.567. The molecule has 1 saturated heterocycles. The Morgan fingerprint density at radius 2 is 1.85 bits per heavy atom. The van der Waals surface area contributed by atoms with Crippen LogP contribution in [0.15, 0.2) is 24.3 Å². The van der Waals surface area contributed by atoms with Gasteiger partial charge in [-0.2, -0.15) is 0 Å². The third kappa shape index (κ3) is 3.40. The van der Waals surface area contributed by atoms with Crippen molar-refractivity contribution in [2.45, 2.75) is 18.9 Å². The molecule has 0 saturated carbocycles. The van der Waals surface area contributed by atoms with E-state index in [1.807, 2.05) is 0 Å². The van der Waals surface area contributed by atoms with Crippen LogP contribution in [0, 0.1) is 0 Å². The first-order valence-electron chi connectivity index (χ1n) is 6.53. The summed E-state index contributed by atoms with van der Waals surface area (Å²) in [6, 6.07) is 6.92. The summed E-state index contributed by atoms with van der Waals surface area (Å²) in [4.78, 5) is 24.2. The average molecular weight is 278 g/mol. The molecule has 1 aliphatic heterocycles. The molecule has 1 aromatic carbocycles. The second kappa shape index (κ2) is 6.27. The van der Waals surface area contributed by atoms with Crippen molar-refractivity contribution >= 4 is 12.0 Å². The van der Waals surface area contributed by atoms with Crippen LogP contribution in [0.1, 0.15) is 23.2 Å². The Bertz CT molecular complexity index is 478. The van der Waals surface area contributed by atoms with Crippen molar-refractivity contribution in [2.24, 2.45) is 0 Å². The predicted molar refractivity (Wildman–Crippen MR) is 73.1 cm³/mol. The molecule has 0 spiro atoms. The van der Waals surface area contributed by atoms with Gasteiger partial charge in [-0.25, -0.2) is 4.79 Å². The fraction of sp³-hybridized carbons (Fsp3) is 0.429. The number of methoxy groups -OCH3 is 1. The van der Waals surface area contributed by atoms with E-state index in [-0.39, 0.29) is 11.9 Å². The Morgan fingerprint density at radius 3 is 2.35 bits per heavy atom. The molecule has 0 aromatic heterocycles. The Balaban J connectivity index is 1.87. The number of nitrogens with one attached hydrogen (secondary N) is 1. The van der Waals surface area contributed by atoms with E-state index in [0.29, 0.717) is 37.2 Å². The van der Waals surface area contributed by atoms with E-state index in [2.05, 4.69) is 5.32 Å². The minimum atomic E-state index is -0.898. The van der Waals surface area contributed by atoms with E-state index < -0.39 is 6.09 Å². The molecule has 2 N–H and O–H groups in total. The normalized spacial score (nSPS) is 15.8. The van der Waals surface area contributed by atoms with Crippen molar-refractivity contribution in [2.75, 3.05) is 20.2 Å². The van der Waals surface area contributed by atoms with Gasteiger partial charge in [0, 0.05) is 24.7 Å². The van der Waals surface area contributed by atoms with Gasteiger partial charge in [0.1, 0.15) is 5.75 Å². The quantitative estimate of drug-likeness (QED) is 0.879. The zero-order valence-electron chi connectivity index (χ0n) is 11.3. The van der Waals surface area contributed by atoms with Crippen LogP contribution in [0.2, 0.25) is 0 Å². The molecule has 1 aliphatic rings. The lowest BCUT2D eigenvalue weighted by molar-refractivity contribution is 0.0907. The number of carbonyl (C=O) groups excluding carboxylic acids is 1. The smallest absolute Gasteiger partial charge is 0.407 e. The summed E-state index contributed by atoms with van der Waals surface area (Å²) in [7, 11) is 1.57. The van der Waals surface area contributed by atoms with Crippen LogP contribution in [0.25, 0.3) is 0 Å². The molecule has 2 amide bonds. The maximum Gasteiger partial charge on any atom is 0.407 e. The topological polar surface area (TPSA) is 78.9 Å². The van der Waals surface area contributed by atoms with Crippen molar-refractivity contribution in [1.29, 1.82) is 0 Å². The number of likely N-dealkylation sites (tertiary alicyclic amines) is 1. The molecule has 0 radical (unpaired) electrons. The summed E-state index contributed by atoms with van der Waals surface area (Å²) in [5.41, 5.74) is 0.575. The lowest BCUT2D eigenvalue weighted by atomic mass is 10.0. The molecule has 6 nitrogen and oxygen atoms in total. The maximum atomic E-state index is 12.0. The van der Waals surface area contributed by atoms with Gasteiger partial charge in [0.15, 0.2) is 0 Å². The number of hydrogen-bond acceptors (Lipinski definition) is 3. The number of amides is 2. The molecule has 20 heavy (non-hydrogen) atoms. The lowest BCUT2D eigenvalue weighted by Crippen LogP contribution is -2.46. The molecular formula is C14H18N2O4. The van der Waals surface area contributed by atoms with Gasteiger partial charge >= 0.3 is 6.09 Å². The highest BCUT2D eigenvalue weighted by Crippen LogP contribution is 2.14. The van der Waals surface area contributed by atoms with E-state index in [1.165, 1.54) is 4.90 Å². The van der Waals surface area contributed by atoms with Gasteiger partial charge in [-0.1, -0.05) is 0 Å².